The van der Waals surface area contributed by atoms with E-state index >= 15 is 0 Å². The van der Waals surface area contributed by atoms with E-state index in [0.29, 0.717) is 6.61 Å². The largest absolute Gasteiger partial charge is 0.489 e. The Hall–Kier alpha value is -1.96. The van der Waals surface area contributed by atoms with Gasteiger partial charge in [0.05, 0.1) is 11.7 Å². The molecule has 2 aromatic rings. The molecular formula is C15H15NO. The lowest BCUT2D eigenvalue weighted by atomic mass is 10.1. The van der Waals surface area contributed by atoms with Crippen LogP contribution in [-0.4, -0.2) is 6.61 Å². The predicted molar refractivity (Wildman–Crippen MR) is 69.5 cm³/mol. The Bertz CT molecular complexity index is 522. The standard InChI is InChI=1S/C15H15NO/c1-11-7-8-13-15(9-11)17-10-14(16-13)12-5-3-2-4-6-12/h2-9,14,16H,10H2,1H3/t14-/m1/s1. The maximum atomic E-state index is 5.81. The van der Waals surface area contributed by atoms with Crippen molar-refractivity contribution in [3.63, 3.8) is 0 Å². The molecule has 2 nitrogen and oxygen atoms in total. The number of fused-ring (bicyclic) bond motifs is 1. The summed E-state index contributed by atoms with van der Waals surface area (Å²) < 4.78 is 5.81. The van der Waals surface area contributed by atoms with Crippen LogP contribution in [0.5, 0.6) is 5.75 Å². The molecule has 3 rings (SSSR count). The number of aryl methyl sites for hydroxylation is 1. The molecule has 0 fully saturated rings. The molecule has 0 saturated carbocycles. The van der Waals surface area contributed by atoms with Crippen molar-refractivity contribution in [1.29, 1.82) is 0 Å². The van der Waals surface area contributed by atoms with Crippen LogP contribution in [-0.2, 0) is 0 Å². The van der Waals surface area contributed by atoms with Crippen LogP contribution < -0.4 is 10.1 Å². The summed E-state index contributed by atoms with van der Waals surface area (Å²) in [6.45, 7) is 2.76. The molecule has 0 bridgehead atoms. The summed E-state index contributed by atoms with van der Waals surface area (Å²) in [7, 11) is 0. The first kappa shape index (κ1) is 10.2. The van der Waals surface area contributed by atoms with Gasteiger partial charge in [-0.05, 0) is 30.2 Å². The molecule has 2 aromatic carbocycles. The van der Waals surface area contributed by atoms with Gasteiger partial charge in [-0.15, -0.1) is 0 Å². The number of hydrogen-bond donors (Lipinski definition) is 1. The van der Waals surface area contributed by atoms with E-state index in [1.165, 1.54) is 11.1 Å². The van der Waals surface area contributed by atoms with E-state index in [1.54, 1.807) is 0 Å². The van der Waals surface area contributed by atoms with E-state index < -0.39 is 0 Å². The minimum absolute atomic E-state index is 0.242. The van der Waals surface area contributed by atoms with E-state index in [9.17, 15) is 0 Å². The second-order valence-electron chi connectivity index (χ2n) is 4.42. The summed E-state index contributed by atoms with van der Waals surface area (Å²) in [6.07, 6.45) is 0. The summed E-state index contributed by atoms with van der Waals surface area (Å²) >= 11 is 0. The van der Waals surface area contributed by atoms with Crippen LogP contribution in [0, 0.1) is 6.92 Å². The topological polar surface area (TPSA) is 21.3 Å². The van der Waals surface area contributed by atoms with Crippen LogP contribution in [0.4, 0.5) is 5.69 Å². The van der Waals surface area contributed by atoms with Crippen LogP contribution in [0.25, 0.3) is 0 Å². The summed E-state index contributed by atoms with van der Waals surface area (Å²) in [5, 5.41) is 3.52. The monoisotopic (exact) mass is 225 g/mol. The lowest BCUT2D eigenvalue weighted by molar-refractivity contribution is 0.286. The van der Waals surface area contributed by atoms with Gasteiger partial charge in [0.1, 0.15) is 12.4 Å². The third kappa shape index (κ3) is 1.98. The summed E-state index contributed by atoms with van der Waals surface area (Å²) in [5.74, 6) is 0.956. The third-order valence-corrected chi connectivity index (χ3v) is 3.07. The minimum Gasteiger partial charge on any atom is -0.489 e. The second kappa shape index (κ2) is 4.13. The fourth-order valence-electron chi connectivity index (χ4n) is 2.14. The molecule has 1 atom stereocenters. The first-order valence-corrected chi connectivity index (χ1v) is 5.88. The Morgan fingerprint density at radius 2 is 1.94 bits per heavy atom. The van der Waals surface area contributed by atoms with Gasteiger partial charge in [-0.25, -0.2) is 0 Å². The lowest BCUT2D eigenvalue weighted by Crippen LogP contribution is -2.23. The van der Waals surface area contributed by atoms with Crippen molar-refractivity contribution in [1.82, 2.24) is 0 Å². The van der Waals surface area contributed by atoms with Crippen molar-refractivity contribution in [2.45, 2.75) is 13.0 Å². The molecule has 0 amide bonds. The molecule has 1 N–H and O–H groups in total. The highest BCUT2D eigenvalue weighted by Crippen LogP contribution is 2.34. The Balaban J connectivity index is 1.88. The maximum Gasteiger partial charge on any atom is 0.142 e. The van der Waals surface area contributed by atoms with Crippen molar-refractivity contribution in [2.24, 2.45) is 0 Å². The van der Waals surface area contributed by atoms with Crippen LogP contribution in [0.1, 0.15) is 17.2 Å². The number of benzene rings is 2. The van der Waals surface area contributed by atoms with Gasteiger partial charge >= 0.3 is 0 Å². The fourth-order valence-corrected chi connectivity index (χ4v) is 2.14. The third-order valence-electron chi connectivity index (χ3n) is 3.07. The van der Waals surface area contributed by atoms with Crippen LogP contribution in [0.2, 0.25) is 0 Å². The average Bonchev–Trinajstić information content (AvgIpc) is 2.39. The quantitative estimate of drug-likeness (QED) is 0.801. The van der Waals surface area contributed by atoms with Gasteiger partial charge in [-0.1, -0.05) is 36.4 Å². The molecule has 1 aliphatic heterocycles. The van der Waals surface area contributed by atoms with E-state index in [-0.39, 0.29) is 6.04 Å². The molecule has 0 aromatic heterocycles. The van der Waals surface area contributed by atoms with Gasteiger partial charge in [-0.3, -0.25) is 0 Å². The molecule has 0 radical (unpaired) electrons. The zero-order valence-corrected chi connectivity index (χ0v) is 9.81. The first-order chi connectivity index (χ1) is 8.33. The van der Waals surface area contributed by atoms with Crippen molar-refractivity contribution < 1.29 is 4.74 Å². The maximum absolute atomic E-state index is 5.81. The summed E-state index contributed by atoms with van der Waals surface area (Å²) in [4.78, 5) is 0. The minimum atomic E-state index is 0.242. The molecule has 86 valence electrons. The van der Waals surface area contributed by atoms with Crippen LogP contribution in [0.3, 0.4) is 0 Å². The Labute approximate surface area is 101 Å². The number of hydrogen-bond acceptors (Lipinski definition) is 2. The molecule has 0 aliphatic carbocycles. The normalized spacial score (nSPS) is 17.8. The SMILES string of the molecule is Cc1ccc2c(c1)OC[C@H](c1ccccc1)N2. The van der Waals surface area contributed by atoms with Crippen LogP contribution in [0.15, 0.2) is 48.5 Å². The molecule has 1 heterocycles. The first-order valence-electron chi connectivity index (χ1n) is 5.88. The highest BCUT2D eigenvalue weighted by Gasteiger charge is 2.19. The Morgan fingerprint density at radius 3 is 2.76 bits per heavy atom. The van der Waals surface area contributed by atoms with Crippen molar-refractivity contribution in [3.05, 3.63) is 59.7 Å². The highest BCUT2D eigenvalue weighted by atomic mass is 16.5. The van der Waals surface area contributed by atoms with E-state index in [4.69, 9.17) is 4.74 Å². The molecule has 17 heavy (non-hydrogen) atoms. The van der Waals surface area contributed by atoms with E-state index in [0.717, 1.165) is 11.4 Å². The van der Waals surface area contributed by atoms with Gasteiger partial charge in [0.2, 0.25) is 0 Å². The highest BCUT2D eigenvalue weighted by molar-refractivity contribution is 5.60. The van der Waals surface area contributed by atoms with Gasteiger partial charge in [0, 0.05) is 0 Å². The number of ether oxygens (including phenoxy) is 1. The average molecular weight is 225 g/mol. The van der Waals surface area contributed by atoms with Crippen molar-refractivity contribution >= 4 is 5.69 Å². The smallest absolute Gasteiger partial charge is 0.142 e. The van der Waals surface area contributed by atoms with Gasteiger partial charge < -0.3 is 10.1 Å². The molecule has 2 heteroatoms. The van der Waals surface area contributed by atoms with Gasteiger partial charge in [0.15, 0.2) is 0 Å². The molecule has 0 unspecified atom stereocenters. The number of anilines is 1. The predicted octanol–water partition coefficient (Wildman–Crippen LogP) is 3.54. The zero-order valence-electron chi connectivity index (χ0n) is 9.81. The molecule has 0 saturated heterocycles. The fraction of sp³-hybridized carbons (Fsp3) is 0.200. The van der Waals surface area contributed by atoms with Crippen LogP contribution >= 0.6 is 0 Å². The number of nitrogens with one attached hydrogen (secondary N) is 1. The van der Waals surface area contributed by atoms with Gasteiger partial charge in [-0.2, -0.15) is 0 Å². The van der Waals surface area contributed by atoms with Gasteiger partial charge in [0.25, 0.3) is 0 Å². The van der Waals surface area contributed by atoms with Crippen molar-refractivity contribution in [2.75, 3.05) is 11.9 Å². The van der Waals surface area contributed by atoms with E-state index in [1.807, 2.05) is 6.07 Å². The van der Waals surface area contributed by atoms with Crippen molar-refractivity contribution in [3.8, 4) is 5.75 Å². The number of rotatable bonds is 1. The zero-order chi connectivity index (χ0) is 11.7. The Kier molecular flexibility index (Phi) is 2.48. The van der Waals surface area contributed by atoms with E-state index in [2.05, 4.69) is 54.7 Å². The Morgan fingerprint density at radius 1 is 1.12 bits per heavy atom. The summed E-state index contributed by atoms with van der Waals surface area (Å²) in [5.41, 5.74) is 3.57. The molecule has 0 spiro atoms. The summed E-state index contributed by atoms with van der Waals surface area (Å²) in [6, 6.07) is 16.9. The lowest BCUT2D eigenvalue weighted by Gasteiger charge is -2.28. The second-order valence-corrected chi connectivity index (χ2v) is 4.42. The molecule has 1 aliphatic rings. The molecular weight excluding hydrogens is 210 g/mol.